The van der Waals surface area contributed by atoms with Crippen molar-refractivity contribution in [2.75, 3.05) is 25.5 Å². The Morgan fingerprint density at radius 1 is 1.29 bits per heavy atom. The van der Waals surface area contributed by atoms with E-state index in [9.17, 15) is 9.59 Å². The number of urea groups is 1. The van der Waals surface area contributed by atoms with Crippen LogP contribution in [-0.2, 0) is 4.79 Å². The molecule has 0 atom stereocenters. The SMILES string of the molecule is CCOc1ccc(NC(=O)CN=C(N)NC(=O)NC)cc1. The molecule has 0 heterocycles. The molecule has 0 saturated heterocycles. The lowest BCUT2D eigenvalue weighted by molar-refractivity contribution is -0.114. The zero-order valence-corrected chi connectivity index (χ0v) is 12.0. The first-order chi connectivity index (χ1) is 10.0. The van der Waals surface area contributed by atoms with E-state index >= 15 is 0 Å². The lowest BCUT2D eigenvalue weighted by Gasteiger charge is -2.06. The van der Waals surface area contributed by atoms with Crippen molar-refractivity contribution in [1.29, 1.82) is 0 Å². The number of benzene rings is 1. The first-order valence-corrected chi connectivity index (χ1v) is 6.36. The highest BCUT2D eigenvalue weighted by Gasteiger charge is 2.03. The molecule has 3 amide bonds. The fraction of sp³-hybridized carbons (Fsp3) is 0.308. The Balaban J connectivity index is 2.46. The van der Waals surface area contributed by atoms with Crippen molar-refractivity contribution in [2.45, 2.75) is 6.92 Å². The maximum Gasteiger partial charge on any atom is 0.321 e. The standard InChI is InChI=1S/C13H19N5O3/c1-3-21-10-6-4-9(5-7-10)17-11(19)8-16-12(14)18-13(20)15-2/h4-7H,3,8H2,1-2H3,(H,17,19)(H4,14,15,16,18,20). The maximum atomic E-state index is 11.6. The third kappa shape index (κ3) is 6.28. The summed E-state index contributed by atoms with van der Waals surface area (Å²) in [5.41, 5.74) is 6.05. The number of anilines is 1. The zero-order chi connectivity index (χ0) is 15.7. The summed E-state index contributed by atoms with van der Waals surface area (Å²) in [5, 5.41) is 7.22. The number of carbonyl (C=O) groups is 2. The third-order valence-electron chi connectivity index (χ3n) is 2.31. The summed E-state index contributed by atoms with van der Waals surface area (Å²) in [6.07, 6.45) is 0. The predicted octanol–water partition coefficient (Wildman–Crippen LogP) is 0.268. The molecule has 5 N–H and O–H groups in total. The molecule has 0 aliphatic rings. The lowest BCUT2D eigenvalue weighted by Crippen LogP contribution is -2.42. The summed E-state index contributed by atoms with van der Waals surface area (Å²) in [6, 6.07) is 6.45. The number of hydrogen-bond acceptors (Lipinski definition) is 4. The van der Waals surface area contributed by atoms with Crippen molar-refractivity contribution in [1.82, 2.24) is 10.6 Å². The number of nitrogens with two attached hydrogens (primary N) is 1. The van der Waals surface area contributed by atoms with Gasteiger partial charge in [-0.15, -0.1) is 0 Å². The molecular weight excluding hydrogens is 274 g/mol. The number of aliphatic imine (C=N–C) groups is 1. The smallest absolute Gasteiger partial charge is 0.321 e. The lowest BCUT2D eigenvalue weighted by atomic mass is 10.3. The molecule has 0 unspecified atom stereocenters. The van der Waals surface area contributed by atoms with E-state index in [0.717, 1.165) is 5.75 Å². The highest BCUT2D eigenvalue weighted by Crippen LogP contribution is 2.15. The number of nitrogens with zero attached hydrogens (tertiary/aromatic N) is 1. The van der Waals surface area contributed by atoms with Crippen LogP contribution in [0.1, 0.15) is 6.92 Å². The van der Waals surface area contributed by atoms with E-state index in [1.807, 2.05) is 6.92 Å². The number of guanidine groups is 1. The Hall–Kier alpha value is -2.77. The average Bonchev–Trinajstić information content (AvgIpc) is 2.47. The monoisotopic (exact) mass is 293 g/mol. The van der Waals surface area contributed by atoms with E-state index in [-0.39, 0.29) is 18.4 Å². The van der Waals surface area contributed by atoms with Crippen LogP contribution in [0.2, 0.25) is 0 Å². The summed E-state index contributed by atoms with van der Waals surface area (Å²) in [7, 11) is 1.45. The van der Waals surface area contributed by atoms with Crippen molar-refractivity contribution in [2.24, 2.45) is 10.7 Å². The summed E-state index contributed by atoms with van der Waals surface area (Å²) in [4.78, 5) is 26.3. The molecule has 8 heteroatoms. The van der Waals surface area contributed by atoms with Gasteiger partial charge < -0.3 is 21.1 Å². The fourth-order valence-electron chi connectivity index (χ4n) is 1.38. The molecule has 0 spiro atoms. The minimum absolute atomic E-state index is 0.129. The predicted molar refractivity (Wildman–Crippen MR) is 80.3 cm³/mol. The normalized spacial score (nSPS) is 10.7. The molecule has 0 saturated carbocycles. The number of rotatable bonds is 5. The first-order valence-electron chi connectivity index (χ1n) is 6.36. The number of ether oxygens (including phenoxy) is 1. The van der Waals surface area contributed by atoms with Crippen molar-refractivity contribution < 1.29 is 14.3 Å². The summed E-state index contributed by atoms with van der Waals surface area (Å²) < 4.78 is 5.30. The fourth-order valence-corrected chi connectivity index (χ4v) is 1.38. The number of hydrogen-bond donors (Lipinski definition) is 4. The van der Waals surface area contributed by atoms with Crippen molar-refractivity contribution in [3.63, 3.8) is 0 Å². The Labute approximate surface area is 122 Å². The van der Waals surface area contributed by atoms with Gasteiger partial charge in [0, 0.05) is 12.7 Å². The molecule has 0 aliphatic carbocycles. The van der Waals surface area contributed by atoms with Crippen molar-refractivity contribution in [3.8, 4) is 5.75 Å². The first kappa shape index (κ1) is 16.3. The van der Waals surface area contributed by atoms with Gasteiger partial charge in [0.25, 0.3) is 0 Å². The largest absolute Gasteiger partial charge is 0.494 e. The highest BCUT2D eigenvalue weighted by atomic mass is 16.5. The van der Waals surface area contributed by atoms with Gasteiger partial charge in [0.1, 0.15) is 12.3 Å². The van der Waals surface area contributed by atoms with E-state index in [2.05, 4.69) is 20.9 Å². The van der Waals surface area contributed by atoms with Crippen LogP contribution in [0.5, 0.6) is 5.75 Å². The average molecular weight is 293 g/mol. The summed E-state index contributed by atoms with van der Waals surface area (Å²) in [6.45, 7) is 2.28. The quantitative estimate of drug-likeness (QED) is 0.460. The Morgan fingerprint density at radius 3 is 2.52 bits per heavy atom. The van der Waals surface area contributed by atoms with E-state index < -0.39 is 6.03 Å². The van der Waals surface area contributed by atoms with Crippen LogP contribution < -0.4 is 26.4 Å². The van der Waals surface area contributed by atoms with E-state index in [1.165, 1.54) is 7.05 Å². The van der Waals surface area contributed by atoms with Crippen molar-refractivity contribution >= 4 is 23.6 Å². The molecule has 0 bridgehead atoms. The molecule has 0 fully saturated rings. The second-order valence-corrected chi connectivity index (χ2v) is 3.91. The van der Waals surface area contributed by atoms with Crippen LogP contribution in [-0.4, -0.2) is 38.1 Å². The molecule has 8 nitrogen and oxygen atoms in total. The van der Waals surface area contributed by atoms with Crippen LogP contribution in [0.15, 0.2) is 29.3 Å². The highest BCUT2D eigenvalue weighted by molar-refractivity contribution is 5.97. The van der Waals surface area contributed by atoms with Crippen LogP contribution in [0.25, 0.3) is 0 Å². The molecule has 21 heavy (non-hydrogen) atoms. The van der Waals surface area contributed by atoms with E-state index in [1.54, 1.807) is 24.3 Å². The number of carbonyl (C=O) groups excluding carboxylic acids is 2. The second kappa shape index (κ2) is 8.41. The van der Waals surface area contributed by atoms with Crippen LogP contribution in [0.3, 0.4) is 0 Å². The Kier molecular flexibility index (Phi) is 6.52. The zero-order valence-electron chi connectivity index (χ0n) is 12.0. The van der Waals surface area contributed by atoms with Gasteiger partial charge in [-0.1, -0.05) is 0 Å². The molecular formula is C13H19N5O3. The van der Waals surface area contributed by atoms with Crippen LogP contribution in [0, 0.1) is 0 Å². The topological polar surface area (TPSA) is 118 Å². The summed E-state index contributed by atoms with van der Waals surface area (Å²) >= 11 is 0. The minimum Gasteiger partial charge on any atom is -0.494 e. The molecule has 114 valence electrons. The van der Waals surface area contributed by atoms with Crippen LogP contribution >= 0.6 is 0 Å². The molecule has 0 aromatic heterocycles. The van der Waals surface area contributed by atoms with E-state index in [0.29, 0.717) is 12.3 Å². The molecule has 0 aliphatic heterocycles. The second-order valence-electron chi connectivity index (χ2n) is 3.91. The maximum absolute atomic E-state index is 11.6. The molecule has 1 aromatic rings. The Morgan fingerprint density at radius 2 is 1.95 bits per heavy atom. The van der Waals surface area contributed by atoms with E-state index in [4.69, 9.17) is 10.5 Å². The van der Waals surface area contributed by atoms with Gasteiger partial charge in [-0.3, -0.25) is 10.1 Å². The van der Waals surface area contributed by atoms with Gasteiger partial charge in [-0.25, -0.2) is 9.79 Å². The van der Waals surface area contributed by atoms with Crippen LogP contribution in [0.4, 0.5) is 10.5 Å². The number of nitrogens with one attached hydrogen (secondary N) is 3. The van der Waals surface area contributed by atoms with Gasteiger partial charge in [-0.05, 0) is 31.2 Å². The van der Waals surface area contributed by atoms with Gasteiger partial charge in [0.15, 0.2) is 5.96 Å². The minimum atomic E-state index is -0.497. The Bertz CT molecular complexity index is 513. The number of amides is 3. The molecule has 1 rings (SSSR count). The molecule has 1 aromatic carbocycles. The van der Waals surface area contributed by atoms with Gasteiger partial charge in [0.05, 0.1) is 6.61 Å². The van der Waals surface area contributed by atoms with Gasteiger partial charge >= 0.3 is 6.03 Å². The molecule has 0 radical (unpaired) electrons. The van der Waals surface area contributed by atoms with Gasteiger partial charge in [-0.2, -0.15) is 0 Å². The third-order valence-corrected chi connectivity index (χ3v) is 2.31. The van der Waals surface area contributed by atoms with Gasteiger partial charge in [0.2, 0.25) is 5.91 Å². The summed E-state index contributed by atoms with van der Waals surface area (Å²) in [5.74, 6) is 0.254. The van der Waals surface area contributed by atoms with Crippen molar-refractivity contribution in [3.05, 3.63) is 24.3 Å².